The van der Waals surface area contributed by atoms with E-state index in [1.165, 1.54) is 25.7 Å². The summed E-state index contributed by atoms with van der Waals surface area (Å²) in [7, 11) is 0. The molecule has 0 aliphatic carbocycles. The van der Waals surface area contributed by atoms with Crippen molar-refractivity contribution in [3.05, 3.63) is 0 Å². The van der Waals surface area contributed by atoms with Gasteiger partial charge in [-0.1, -0.05) is 26.7 Å². The number of aliphatic hydroxyl groups excluding tert-OH is 1. The van der Waals surface area contributed by atoms with Crippen LogP contribution in [0.2, 0.25) is 0 Å². The van der Waals surface area contributed by atoms with Crippen molar-refractivity contribution >= 4 is 0 Å². The lowest BCUT2D eigenvalue weighted by Gasteiger charge is -2.22. The van der Waals surface area contributed by atoms with E-state index in [-0.39, 0.29) is 0 Å². The van der Waals surface area contributed by atoms with E-state index in [9.17, 15) is 0 Å². The van der Waals surface area contributed by atoms with Gasteiger partial charge >= 0.3 is 0 Å². The van der Waals surface area contributed by atoms with Crippen LogP contribution in [0.15, 0.2) is 0 Å². The molecule has 0 aliphatic heterocycles. The van der Waals surface area contributed by atoms with Gasteiger partial charge in [-0.05, 0) is 25.9 Å². The van der Waals surface area contributed by atoms with Crippen molar-refractivity contribution in [2.75, 3.05) is 19.6 Å². The van der Waals surface area contributed by atoms with Crippen LogP contribution < -0.4 is 5.73 Å². The second kappa shape index (κ2) is 8.48. The van der Waals surface area contributed by atoms with Crippen LogP contribution >= 0.6 is 0 Å². The van der Waals surface area contributed by atoms with Crippen molar-refractivity contribution in [3.8, 4) is 0 Å². The van der Waals surface area contributed by atoms with Gasteiger partial charge in [-0.2, -0.15) is 0 Å². The summed E-state index contributed by atoms with van der Waals surface area (Å²) in [5.41, 5.74) is 5.35. The highest BCUT2D eigenvalue weighted by molar-refractivity contribution is 4.60. The third-order valence-corrected chi connectivity index (χ3v) is 2.10. The fourth-order valence-electron chi connectivity index (χ4n) is 1.32. The Balaban J connectivity index is 3.60. The summed E-state index contributed by atoms with van der Waals surface area (Å²) in [4.78, 5) is 2.25. The van der Waals surface area contributed by atoms with E-state index in [1.807, 2.05) is 0 Å². The Bertz CT molecular complexity index is 99.1. The number of hydrogen-bond acceptors (Lipinski definition) is 3. The smallest absolute Gasteiger partial charge is 0.115 e. The predicted octanol–water partition coefficient (Wildman–Crippen LogP) is 1.17. The van der Waals surface area contributed by atoms with Gasteiger partial charge in [-0.25, -0.2) is 0 Å². The number of aliphatic hydroxyl groups is 1. The molecule has 13 heavy (non-hydrogen) atoms. The first kappa shape index (κ1) is 12.9. The first-order chi connectivity index (χ1) is 6.20. The molecule has 0 fully saturated rings. The molecule has 0 saturated carbocycles. The van der Waals surface area contributed by atoms with Gasteiger partial charge in [0.2, 0.25) is 0 Å². The lowest BCUT2D eigenvalue weighted by atomic mass is 10.2. The Morgan fingerprint density at radius 2 is 1.62 bits per heavy atom. The Morgan fingerprint density at radius 3 is 1.92 bits per heavy atom. The molecule has 0 spiro atoms. The SMILES string of the molecule is CCCCN(CCCC)CC(N)O. The van der Waals surface area contributed by atoms with Crippen molar-refractivity contribution in [2.45, 2.75) is 45.8 Å². The Kier molecular flexibility index (Phi) is 8.40. The zero-order chi connectivity index (χ0) is 10.1. The molecule has 0 aliphatic rings. The largest absolute Gasteiger partial charge is 0.377 e. The van der Waals surface area contributed by atoms with Crippen molar-refractivity contribution in [2.24, 2.45) is 5.73 Å². The lowest BCUT2D eigenvalue weighted by Crippen LogP contribution is -2.38. The van der Waals surface area contributed by atoms with Crippen LogP contribution in [0, 0.1) is 0 Å². The second-order valence-electron chi connectivity index (χ2n) is 3.58. The molecule has 3 nitrogen and oxygen atoms in total. The van der Waals surface area contributed by atoms with Crippen LogP contribution in [-0.4, -0.2) is 35.9 Å². The van der Waals surface area contributed by atoms with E-state index < -0.39 is 6.23 Å². The summed E-state index contributed by atoms with van der Waals surface area (Å²) < 4.78 is 0. The highest BCUT2D eigenvalue weighted by Crippen LogP contribution is 1.99. The molecule has 0 radical (unpaired) electrons. The van der Waals surface area contributed by atoms with Crippen LogP contribution in [0.5, 0.6) is 0 Å². The Hall–Kier alpha value is -0.120. The Morgan fingerprint density at radius 1 is 1.15 bits per heavy atom. The fourth-order valence-corrected chi connectivity index (χ4v) is 1.32. The molecule has 0 amide bonds. The minimum atomic E-state index is -0.686. The number of nitrogens with two attached hydrogens (primary N) is 1. The molecule has 0 heterocycles. The monoisotopic (exact) mass is 188 g/mol. The molecule has 1 atom stereocenters. The maximum absolute atomic E-state index is 9.06. The molecule has 0 aromatic carbocycles. The van der Waals surface area contributed by atoms with Crippen LogP contribution in [0.4, 0.5) is 0 Å². The third kappa shape index (κ3) is 8.22. The van der Waals surface area contributed by atoms with E-state index in [1.54, 1.807) is 0 Å². The minimum absolute atomic E-state index is 0.611. The van der Waals surface area contributed by atoms with Gasteiger partial charge in [0.05, 0.1) is 0 Å². The molecule has 3 N–H and O–H groups in total. The Labute approximate surface area is 81.9 Å². The number of hydrogen-bond donors (Lipinski definition) is 2. The van der Waals surface area contributed by atoms with E-state index >= 15 is 0 Å². The fraction of sp³-hybridized carbons (Fsp3) is 1.00. The van der Waals surface area contributed by atoms with Gasteiger partial charge < -0.3 is 10.8 Å². The van der Waals surface area contributed by atoms with Crippen molar-refractivity contribution < 1.29 is 5.11 Å². The summed E-state index contributed by atoms with van der Waals surface area (Å²) in [6.07, 6.45) is 4.09. The first-order valence-corrected chi connectivity index (χ1v) is 5.36. The summed E-state index contributed by atoms with van der Waals surface area (Å²) in [6, 6.07) is 0. The average molecular weight is 188 g/mol. The third-order valence-electron chi connectivity index (χ3n) is 2.10. The topological polar surface area (TPSA) is 49.5 Å². The summed E-state index contributed by atoms with van der Waals surface area (Å²) in [5, 5.41) is 9.06. The van der Waals surface area contributed by atoms with Crippen molar-refractivity contribution in [1.82, 2.24) is 4.90 Å². The number of nitrogens with zero attached hydrogens (tertiary/aromatic N) is 1. The lowest BCUT2D eigenvalue weighted by molar-refractivity contribution is 0.115. The number of rotatable bonds is 8. The van der Waals surface area contributed by atoms with Crippen LogP contribution in [-0.2, 0) is 0 Å². The van der Waals surface area contributed by atoms with Crippen molar-refractivity contribution in [1.29, 1.82) is 0 Å². The molecule has 3 heteroatoms. The normalized spacial score (nSPS) is 13.6. The van der Waals surface area contributed by atoms with Gasteiger partial charge in [-0.3, -0.25) is 4.90 Å². The quantitative estimate of drug-likeness (QED) is 0.562. The second-order valence-corrected chi connectivity index (χ2v) is 3.58. The molecule has 0 bridgehead atoms. The van der Waals surface area contributed by atoms with E-state index in [0.29, 0.717) is 6.54 Å². The van der Waals surface area contributed by atoms with Crippen molar-refractivity contribution in [3.63, 3.8) is 0 Å². The molecule has 1 unspecified atom stereocenters. The number of unbranched alkanes of at least 4 members (excludes halogenated alkanes) is 2. The van der Waals surface area contributed by atoms with Gasteiger partial charge in [0, 0.05) is 6.54 Å². The summed E-state index contributed by atoms with van der Waals surface area (Å²) in [5.74, 6) is 0. The molecule has 0 saturated heterocycles. The highest BCUT2D eigenvalue weighted by Gasteiger charge is 2.06. The maximum Gasteiger partial charge on any atom is 0.115 e. The zero-order valence-electron chi connectivity index (χ0n) is 9.00. The molecule has 0 aromatic rings. The van der Waals surface area contributed by atoms with Crippen LogP contribution in [0.3, 0.4) is 0 Å². The predicted molar refractivity (Wildman–Crippen MR) is 56.5 cm³/mol. The van der Waals surface area contributed by atoms with Gasteiger partial charge in [0.25, 0.3) is 0 Å². The minimum Gasteiger partial charge on any atom is -0.377 e. The molecule has 0 rings (SSSR count). The van der Waals surface area contributed by atoms with Gasteiger partial charge in [0.15, 0.2) is 0 Å². The van der Waals surface area contributed by atoms with E-state index in [0.717, 1.165) is 13.1 Å². The molecular formula is C10H24N2O. The highest BCUT2D eigenvalue weighted by atomic mass is 16.3. The van der Waals surface area contributed by atoms with Gasteiger partial charge in [-0.15, -0.1) is 0 Å². The molecule has 80 valence electrons. The van der Waals surface area contributed by atoms with Crippen LogP contribution in [0.25, 0.3) is 0 Å². The maximum atomic E-state index is 9.06. The van der Waals surface area contributed by atoms with Gasteiger partial charge in [0.1, 0.15) is 6.23 Å². The first-order valence-electron chi connectivity index (χ1n) is 5.36. The molecule has 0 aromatic heterocycles. The standard InChI is InChI=1S/C10H24N2O/c1-3-5-7-12(8-6-4-2)9-10(11)13/h10,13H,3-9,11H2,1-2H3. The zero-order valence-corrected chi connectivity index (χ0v) is 9.00. The van der Waals surface area contributed by atoms with E-state index in [4.69, 9.17) is 10.8 Å². The van der Waals surface area contributed by atoms with Crippen LogP contribution in [0.1, 0.15) is 39.5 Å². The average Bonchev–Trinajstić information content (AvgIpc) is 2.09. The summed E-state index contributed by atoms with van der Waals surface area (Å²) >= 11 is 0. The van der Waals surface area contributed by atoms with E-state index in [2.05, 4.69) is 18.7 Å². The molecular weight excluding hydrogens is 164 g/mol. The summed E-state index contributed by atoms with van der Waals surface area (Å²) in [6.45, 7) is 7.09.